The zero-order chi connectivity index (χ0) is 12.8. The first-order valence-electron chi connectivity index (χ1n) is 4.62. The zero-order valence-electron chi connectivity index (χ0n) is 9.68. The minimum Gasteiger partial charge on any atom is -0.480 e. The van der Waals surface area contributed by atoms with Gasteiger partial charge in [-0.15, -0.1) is 11.8 Å². The van der Waals surface area contributed by atoms with Gasteiger partial charge in [-0.25, -0.2) is 0 Å². The van der Waals surface area contributed by atoms with Gasteiger partial charge in [0, 0.05) is 0 Å². The number of carboxylic acids is 1. The number of carbonyl (C=O) groups is 1. The van der Waals surface area contributed by atoms with Gasteiger partial charge >= 0.3 is 12.0 Å². The Morgan fingerprint density at radius 3 is 2.59 bits per heavy atom. The van der Waals surface area contributed by atoms with Crippen LogP contribution in [0.3, 0.4) is 0 Å². The molecule has 0 bridgehead atoms. The molecule has 0 aliphatic carbocycles. The lowest BCUT2D eigenvalue weighted by Gasteiger charge is -2.12. The summed E-state index contributed by atoms with van der Waals surface area (Å²) in [4.78, 5) is 19.2. The molecule has 0 fully saturated rings. The molecule has 1 heterocycles. The van der Waals surface area contributed by atoms with Gasteiger partial charge < -0.3 is 19.9 Å². The molecule has 94 valence electrons. The minimum atomic E-state index is -0.978. The molecule has 1 aromatic heterocycles. The van der Waals surface area contributed by atoms with Crippen LogP contribution in [0.25, 0.3) is 0 Å². The molecule has 0 amide bonds. The van der Waals surface area contributed by atoms with E-state index >= 15 is 0 Å². The lowest BCUT2D eigenvalue weighted by atomic mass is 10.5. The van der Waals surface area contributed by atoms with Crippen LogP contribution in [0.1, 0.15) is 0 Å². The van der Waals surface area contributed by atoms with Crippen LogP contribution in [0.4, 0.5) is 5.82 Å². The van der Waals surface area contributed by atoms with Crippen molar-refractivity contribution in [1.29, 1.82) is 0 Å². The maximum absolute atomic E-state index is 10.5. The van der Waals surface area contributed by atoms with E-state index in [2.05, 4.69) is 15.3 Å². The van der Waals surface area contributed by atoms with Crippen molar-refractivity contribution in [3.05, 3.63) is 0 Å². The SMILES string of the molecule is COc1nc(NCC(=O)O)c(SC)c(OC)n1. The highest BCUT2D eigenvalue weighted by atomic mass is 32.2. The van der Waals surface area contributed by atoms with Gasteiger partial charge in [0.25, 0.3) is 0 Å². The Balaban J connectivity index is 3.10. The Labute approximate surface area is 103 Å². The molecule has 7 nitrogen and oxygen atoms in total. The number of nitrogens with zero attached hydrogens (tertiary/aromatic N) is 2. The number of thioether (sulfide) groups is 1. The first-order valence-corrected chi connectivity index (χ1v) is 5.84. The average molecular weight is 259 g/mol. The fourth-order valence-corrected chi connectivity index (χ4v) is 1.72. The van der Waals surface area contributed by atoms with Crippen molar-refractivity contribution >= 4 is 23.5 Å². The predicted molar refractivity (Wildman–Crippen MR) is 63.0 cm³/mol. The summed E-state index contributed by atoms with van der Waals surface area (Å²) in [5.74, 6) is -0.255. The number of nitrogens with one attached hydrogen (secondary N) is 1. The van der Waals surface area contributed by atoms with E-state index in [1.807, 2.05) is 6.26 Å². The molecular weight excluding hydrogens is 246 g/mol. The second-order valence-corrected chi connectivity index (χ2v) is 3.67. The van der Waals surface area contributed by atoms with Crippen LogP contribution in [0.2, 0.25) is 0 Å². The lowest BCUT2D eigenvalue weighted by Crippen LogP contribution is -2.14. The first-order chi connectivity index (χ1) is 8.12. The van der Waals surface area contributed by atoms with Crippen molar-refractivity contribution in [2.75, 3.05) is 32.3 Å². The van der Waals surface area contributed by atoms with Crippen molar-refractivity contribution in [2.45, 2.75) is 4.90 Å². The van der Waals surface area contributed by atoms with E-state index in [0.717, 1.165) is 0 Å². The highest BCUT2D eigenvalue weighted by Crippen LogP contribution is 2.33. The van der Waals surface area contributed by atoms with Gasteiger partial charge in [0.15, 0.2) is 5.82 Å². The molecule has 1 aromatic rings. The lowest BCUT2D eigenvalue weighted by molar-refractivity contribution is -0.134. The summed E-state index contributed by atoms with van der Waals surface area (Å²) in [7, 11) is 2.90. The minimum absolute atomic E-state index is 0.118. The van der Waals surface area contributed by atoms with Crippen molar-refractivity contribution in [2.24, 2.45) is 0 Å². The maximum Gasteiger partial charge on any atom is 0.322 e. The quantitative estimate of drug-likeness (QED) is 0.721. The van der Waals surface area contributed by atoms with E-state index < -0.39 is 5.97 Å². The number of aliphatic carboxylic acids is 1. The monoisotopic (exact) mass is 259 g/mol. The van der Waals surface area contributed by atoms with Gasteiger partial charge in [-0.3, -0.25) is 4.79 Å². The average Bonchev–Trinajstić information content (AvgIpc) is 2.34. The van der Waals surface area contributed by atoms with E-state index in [-0.39, 0.29) is 12.6 Å². The molecular formula is C9H13N3O4S. The molecule has 2 N–H and O–H groups in total. The normalized spacial score (nSPS) is 9.82. The van der Waals surface area contributed by atoms with Gasteiger partial charge in [0.05, 0.1) is 14.2 Å². The highest BCUT2D eigenvalue weighted by molar-refractivity contribution is 7.98. The fourth-order valence-electron chi connectivity index (χ4n) is 1.10. The molecule has 0 atom stereocenters. The standard InChI is InChI=1S/C9H13N3O4S/c1-15-8-6(17-3)7(10-4-5(13)14)11-9(12-8)16-2/h4H2,1-3H3,(H,13,14)(H,10,11,12). The fraction of sp³-hybridized carbons (Fsp3) is 0.444. The third-order valence-electron chi connectivity index (χ3n) is 1.80. The van der Waals surface area contributed by atoms with Crippen LogP contribution >= 0.6 is 11.8 Å². The second-order valence-electron chi connectivity index (χ2n) is 2.85. The summed E-state index contributed by atoms with van der Waals surface area (Å²) in [6.07, 6.45) is 1.82. The number of anilines is 1. The number of hydrogen-bond donors (Lipinski definition) is 2. The summed E-state index contributed by atoms with van der Waals surface area (Å²) >= 11 is 1.36. The van der Waals surface area contributed by atoms with Crippen LogP contribution in [0.15, 0.2) is 4.90 Å². The molecule has 0 aromatic carbocycles. The van der Waals surface area contributed by atoms with Crippen molar-refractivity contribution in [1.82, 2.24) is 9.97 Å². The van der Waals surface area contributed by atoms with Crippen molar-refractivity contribution in [3.63, 3.8) is 0 Å². The van der Waals surface area contributed by atoms with Crippen LogP contribution < -0.4 is 14.8 Å². The van der Waals surface area contributed by atoms with Crippen LogP contribution in [-0.4, -0.2) is 48.1 Å². The van der Waals surface area contributed by atoms with Gasteiger partial charge in [-0.2, -0.15) is 9.97 Å². The predicted octanol–water partition coefficient (Wildman–Crippen LogP) is 0.712. The molecule has 0 spiro atoms. The molecule has 0 aliphatic rings. The van der Waals surface area contributed by atoms with Gasteiger partial charge in [0.2, 0.25) is 5.88 Å². The Morgan fingerprint density at radius 2 is 2.12 bits per heavy atom. The van der Waals surface area contributed by atoms with Crippen molar-refractivity contribution in [3.8, 4) is 11.9 Å². The number of hydrogen-bond acceptors (Lipinski definition) is 7. The third kappa shape index (κ3) is 3.38. The van der Waals surface area contributed by atoms with E-state index in [0.29, 0.717) is 16.6 Å². The molecule has 1 rings (SSSR count). The topological polar surface area (TPSA) is 93.6 Å². The summed E-state index contributed by atoms with van der Waals surface area (Å²) < 4.78 is 9.99. The first kappa shape index (κ1) is 13.4. The molecule has 0 radical (unpaired) electrons. The van der Waals surface area contributed by atoms with Crippen LogP contribution in [0.5, 0.6) is 11.9 Å². The van der Waals surface area contributed by atoms with Crippen molar-refractivity contribution < 1.29 is 19.4 Å². The largest absolute Gasteiger partial charge is 0.480 e. The van der Waals surface area contributed by atoms with E-state index in [4.69, 9.17) is 14.6 Å². The van der Waals surface area contributed by atoms with E-state index in [1.54, 1.807) is 0 Å². The second kappa shape index (κ2) is 6.14. The molecule has 0 unspecified atom stereocenters. The Bertz CT molecular complexity index is 413. The van der Waals surface area contributed by atoms with Gasteiger partial charge in [-0.05, 0) is 6.26 Å². The Morgan fingerprint density at radius 1 is 1.41 bits per heavy atom. The smallest absolute Gasteiger partial charge is 0.322 e. The molecule has 17 heavy (non-hydrogen) atoms. The van der Waals surface area contributed by atoms with E-state index in [1.165, 1.54) is 26.0 Å². The third-order valence-corrected chi connectivity index (χ3v) is 2.58. The maximum atomic E-state index is 10.5. The number of methoxy groups -OCH3 is 2. The number of rotatable bonds is 6. The van der Waals surface area contributed by atoms with E-state index in [9.17, 15) is 4.79 Å². The Hall–Kier alpha value is -1.70. The number of aromatic nitrogens is 2. The summed E-state index contributed by atoms with van der Waals surface area (Å²) in [6.45, 7) is -0.239. The van der Waals surface area contributed by atoms with Gasteiger partial charge in [-0.1, -0.05) is 0 Å². The molecule has 0 aliphatic heterocycles. The molecule has 0 saturated heterocycles. The zero-order valence-corrected chi connectivity index (χ0v) is 10.5. The number of ether oxygens (including phenoxy) is 2. The summed E-state index contributed by atoms with van der Waals surface area (Å²) in [5.41, 5.74) is 0. The summed E-state index contributed by atoms with van der Waals surface area (Å²) in [6, 6.07) is 0.118. The molecule has 0 saturated carbocycles. The number of carboxylic acid groups (broad SMARTS) is 1. The summed E-state index contributed by atoms with van der Waals surface area (Å²) in [5, 5.41) is 11.3. The highest BCUT2D eigenvalue weighted by Gasteiger charge is 2.15. The van der Waals surface area contributed by atoms with Gasteiger partial charge in [0.1, 0.15) is 11.4 Å². The Kier molecular flexibility index (Phi) is 4.83. The van der Waals surface area contributed by atoms with Crippen LogP contribution in [-0.2, 0) is 4.79 Å². The molecule has 8 heteroatoms. The van der Waals surface area contributed by atoms with Crippen LogP contribution in [0, 0.1) is 0 Å².